The normalized spacial score (nSPS) is 18.2. The minimum absolute atomic E-state index is 0.125. The van der Waals surface area contributed by atoms with E-state index in [1.54, 1.807) is 4.68 Å². The van der Waals surface area contributed by atoms with Crippen LogP contribution in [-0.2, 0) is 9.53 Å². The Bertz CT molecular complexity index is 686. The standard InChI is InChI=1S/C11H9ClIN4O3/c12-9-5(1-2-7(18)19)14-8-10(13)16-17(11(8)15-9)6-3-4-20-6/h1,6H,2-4H2,(H,18,19). The second-order valence-corrected chi connectivity index (χ2v) is 5.60. The van der Waals surface area contributed by atoms with Crippen LogP contribution in [0.1, 0.15) is 24.8 Å². The molecule has 1 radical (unpaired) electrons. The van der Waals surface area contributed by atoms with Crippen LogP contribution >= 0.6 is 34.2 Å². The molecule has 7 nitrogen and oxygen atoms in total. The average Bonchev–Trinajstić information content (AvgIpc) is 2.61. The molecule has 1 unspecified atom stereocenters. The first-order valence-electron chi connectivity index (χ1n) is 5.84. The topological polar surface area (TPSA) is 90.1 Å². The van der Waals surface area contributed by atoms with E-state index in [1.807, 2.05) is 0 Å². The van der Waals surface area contributed by atoms with Gasteiger partial charge in [-0.1, -0.05) is 11.6 Å². The zero-order chi connectivity index (χ0) is 14.3. The molecule has 0 amide bonds. The van der Waals surface area contributed by atoms with E-state index in [9.17, 15) is 4.79 Å². The number of fused-ring (bicyclic) bond motifs is 1. The van der Waals surface area contributed by atoms with Gasteiger partial charge in [-0.2, -0.15) is 5.10 Å². The maximum Gasteiger partial charge on any atom is 0.304 e. The molecule has 3 heterocycles. The second-order valence-electron chi connectivity index (χ2n) is 4.22. The number of aromatic nitrogens is 4. The van der Waals surface area contributed by atoms with Crippen LogP contribution < -0.4 is 0 Å². The molecule has 0 aromatic carbocycles. The number of hydrogen-bond acceptors (Lipinski definition) is 5. The number of halogens is 2. The number of rotatable bonds is 4. The zero-order valence-electron chi connectivity index (χ0n) is 10.1. The molecule has 105 valence electrons. The summed E-state index contributed by atoms with van der Waals surface area (Å²) in [6.45, 7) is 0.703. The molecule has 2 aromatic heterocycles. The van der Waals surface area contributed by atoms with E-state index in [0.717, 1.165) is 6.42 Å². The van der Waals surface area contributed by atoms with Crippen LogP contribution in [0.3, 0.4) is 0 Å². The maximum absolute atomic E-state index is 10.6. The lowest BCUT2D eigenvalue weighted by Gasteiger charge is -2.26. The third-order valence-electron chi connectivity index (χ3n) is 2.89. The lowest BCUT2D eigenvalue weighted by Crippen LogP contribution is -2.25. The van der Waals surface area contributed by atoms with E-state index in [0.29, 0.717) is 27.2 Å². The van der Waals surface area contributed by atoms with Gasteiger partial charge >= 0.3 is 5.97 Å². The van der Waals surface area contributed by atoms with Crippen LogP contribution in [0.5, 0.6) is 0 Å². The second kappa shape index (κ2) is 5.41. The Labute approximate surface area is 132 Å². The van der Waals surface area contributed by atoms with Crippen molar-refractivity contribution < 1.29 is 14.6 Å². The summed E-state index contributed by atoms with van der Waals surface area (Å²) in [5.41, 5.74) is 1.51. The monoisotopic (exact) mass is 407 g/mol. The van der Waals surface area contributed by atoms with E-state index in [4.69, 9.17) is 21.4 Å². The van der Waals surface area contributed by atoms with Crippen molar-refractivity contribution in [1.82, 2.24) is 19.7 Å². The SMILES string of the molecule is O=C(O)C[CH]c1nc2c(I)nn(C3CCO3)c2nc1Cl. The fourth-order valence-electron chi connectivity index (χ4n) is 1.84. The summed E-state index contributed by atoms with van der Waals surface area (Å²) in [5, 5.41) is 13.2. The van der Waals surface area contributed by atoms with Gasteiger partial charge in [-0.3, -0.25) is 4.79 Å². The van der Waals surface area contributed by atoms with Crippen molar-refractivity contribution in [2.45, 2.75) is 19.1 Å². The number of nitrogens with zero attached hydrogens (tertiary/aromatic N) is 4. The van der Waals surface area contributed by atoms with E-state index in [-0.39, 0.29) is 17.8 Å². The number of carboxylic acids is 1. The molecular weight excluding hydrogens is 399 g/mol. The van der Waals surface area contributed by atoms with Crippen LogP contribution in [0.4, 0.5) is 0 Å². The molecule has 3 rings (SSSR count). The van der Waals surface area contributed by atoms with E-state index in [1.165, 1.54) is 6.42 Å². The predicted octanol–water partition coefficient (Wildman–Crippen LogP) is 2.03. The molecule has 0 aliphatic carbocycles. The fourth-order valence-corrected chi connectivity index (χ4v) is 2.63. The summed E-state index contributed by atoms with van der Waals surface area (Å²) >= 11 is 8.11. The van der Waals surface area contributed by atoms with Crippen LogP contribution in [0.25, 0.3) is 11.2 Å². The largest absolute Gasteiger partial charge is 0.481 e. The quantitative estimate of drug-likeness (QED) is 0.780. The van der Waals surface area contributed by atoms with Crippen LogP contribution in [0, 0.1) is 10.1 Å². The molecule has 0 saturated carbocycles. The minimum atomic E-state index is -0.948. The fraction of sp³-hybridized carbons (Fsp3) is 0.364. The molecule has 1 aliphatic rings. The summed E-state index contributed by atoms with van der Waals surface area (Å²) in [4.78, 5) is 19.2. The first-order chi connectivity index (χ1) is 9.56. The van der Waals surface area contributed by atoms with Gasteiger partial charge in [-0.25, -0.2) is 14.6 Å². The summed E-state index contributed by atoms with van der Waals surface area (Å²) in [7, 11) is 0. The van der Waals surface area contributed by atoms with Crippen molar-refractivity contribution >= 4 is 51.3 Å². The Morgan fingerprint density at radius 2 is 2.35 bits per heavy atom. The molecule has 1 fully saturated rings. The Morgan fingerprint density at radius 3 is 2.95 bits per heavy atom. The summed E-state index contributed by atoms with van der Waals surface area (Å²) in [6.07, 6.45) is 2.03. The zero-order valence-corrected chi connectivity index (χ0v) is 13.0. The van der Waals surface area contributed by atoms with Gasteiger partial charge in [0.25, 0.3) is 0 Å². The van der Waals surface area contributed by atoms with Crippen molar-refractivity contribution in [3.8, 4) is 0 Å². The molecule has 20 heavy (non-hydrogen) atoms. The highest BCUT2D eigenvalue weighted by molar-refractivity contribution is 14.1. The van der Waals surface area contributed by atoms with Gasteiger partial charge in [0.1, 0.15) is 5.52 Å². The third-order valence-corrected chi connectivity index (χ3v) is 3.89. The summed E-state index contributed by atoms with van der Waals surface area (Å²) < 4.78 is 7.74. The maximum atomic E-state index is 10.6. The lowest BCUT2D eigenvalue weighted by molar-refractivity contribution is -0.136. The molecule has 1 aliphatic heterocycles. The first-order valence-corrected chi connectivity index (χ1v) is 7.30. The highest BCUT2D eigenvalue weighted by Gasteiger charge is 2.26. The molecule has 1 atom stereocenters. The summed E-state index contributed by atoms with van der Waals surface area (Å²) in [6, 6.07) is 0. The Kier molecular flexibility index (Phi) is 3.78. The lowest BCUT2D eigenvalue weighted by atomic mass is 10.2. The van der Waals surface area contributed by atoms with E-state index >= 15 is 0 Å². The molecule has 0 spiro atoms. The number of carbonyl (C=O) groups is 1. The van der Waals surface area contributed by atoms with Crippen molar-refractivity contribution in [1.29, 1.82) is 0 Å². The highest BCUT2D eigenvalue weighted by Crippen LogP contribution is 2.29. The summed E-state index contributed by atoms with van der Waals surface area (Å²) in [5.74, 6) is -0.948. The van der Waals surface area contributed by atoms with Crippen LogP contribution in [-0.4, -0.2) is 37.4 Å². The molecule has 0 bridgehead atoms. The molecule has 9 heteroatoms. The van der Waals surface area contributed by atoms with Crippen LogP contribution in [0.15, 0.2) is 0 Å². The molecular formula is C11H9ClIN4O3. The number of carboxylic acid groups (broad SMARTS) is 1. The Morgan fingerprint density at radius 1 is 1.60 bits per heavy atom. The number of hydrogen-bond donors (Lipinski definition) is 1. The van der Waals surface area contributed by atoms with Crippen molar-refractivity contribution in [3.63, 3.8) is 0 Å². The van der Waals surface area contributed by atoms with Gasteiger partial charge in [0, 0.05) is 12.8 Å². The molecule has 2 aromatic rings. The third kappa shape index (κ3) is 2.47. The molecule has 1 saturated heterocycles. The van der Waals surface area contributed by atoms with Gasteiger partial charge in [0.05, 0.1) is 18.7 Å². The van der Waals surface area contributed by atoms with Gasteiger partial charge in [-0.15, -0.1) is 0 Å². The van der Waals surface area contributed by atoms with Gasteiger partial charge < -0.3 is 9.84 Å². The van der Waals surface area contributed by atoms with Gasteiger partial charge in [0.15, 0.2) is 20.7 Å². The van der Waals surface area contributed by atoms with Gasteiger partial charge in [0.2, 0.25) is 0 Å². The van der Waals surface area contributed by atoms with Crippen LogP contribution in [0.2, 0.25) is 5.15 Å². The average molecular weight is 408 g/mol. The van der Waals surface area contributed by atoms with Crippen molar-refractivity contribution in [2.75, 3.05) is 6.61 Å². The predicted molar refractivity (Wildman–Crippen MR) is 78.3 cm³/mol. The van der Waals surface area contributed by atoms with Crippen molar-refractivity contribution in [3.05, 3.63) is 21.0 Å². The van der Waals surface area contributed by atoms with E-state index < -0.39 is 5.97 Å². The van der Waals surface area contributed by atoms with E-state index in [2.05, 4.69) is 37.7 Å². The minimum Gasteiger partial charge on any atom is -0.481 e. The molecule has 1 N–H and O–H groups in total. The Balaban J connectivity index is 2.02. The number of ether oxygens (including phenoxy) is 1. The first kappa shape index (κ1) is 14.0. The van der Waals surface area contributed by atoms with Crippen molar-refractivity contribution in [2.24, 2.45) is 0 Å². The number of aliphatic carboxylic acids is 1. The van der Waals surface area contributed by atoms with Gasteiger partial charge in [-0.05, 0) is 22.6 Å². The smallest absolute Gasteiger partial charge is 0.304 e. The highest BCUT2D eigenvalue weighted by atomic mass is 127. The Hall–Kier alpha value is -1.00.